The summed E-state index contributed by atoms with van der Waals surface area (Å²) in [5.74, 6) is 0.848. The van der Waals surface area contributed by atoms with Crippen LogP contribution in [-0.4, -0.2) is 27.3 Å². The minimum Gasteiger partial charge on any atom is -0.396 e. The van der Waals surface area contributed by atoms with Gasteiger partial charge in [-0.05, 0) is 12.8 Å². The van der Waals surface area contributed by atoms with Gasteiger partial charge < -0.3 is 10.6 Å². The maximum Gasteiger partial charge on any atom is 0.222 e. The summed E-state index contributed by atoms with van der Waals surface area (Å²) in [6.07, 6.45) is 5.85. The predicted octanol–water partition coefficient (Wildman–Crippen LogP) is 0.571. The van der Waals surface area contributed by atoms with Crippen LogP contribution in [0.4, 0.5) is 5.69 Å². The van der Waals surface area contributed by atoms with Gasteiger partial charge >= 0.3 is 0 Å². The molecule has 5 heteroatoms. The lowest BCUT2D eigenvalue weighted by Crippen LogP contribution is -2.35. The Morgan fingerprint density at radius 2 is 2.07 bits per heavy atom. The molecule has 0 bridgehead atoms. The Labute approximate surface area is 88.3 Å². The molecule has 1 aromatic heterocycles. The third-order valence-corrected chi connectivity index (χ3v) is 2.48. The van der Waals surface area contributed by atoms with E-state index < -0.39 is 0 Å². The van der Waals surface area contributed by atoms with Crippen LogP contribution < -0.4 is 5.73 Å². The molecule has 0 aliphatic carbocycles. The number of nitrogen functional groups attached to an aromatic ring is 1. The topological polar surface area (TPSA) is 72.1 Å². The molecule has 0 atom stereocenters. The van der Waals surface area contributed by atoms with Gasteiger partial charge in [0, 0.05) is 13.0 Å². The third-order valence-electron chi connectivity index (χ3n) is 2.48. The van der Waals surface area contributed by atoms with Gasteiger partial charge in [-0.1, -0.05) is 0 Å². The zero-order valence-electron chi connectivity index (χ0n) is 8.52. The van der Waals surface area contributed by atoms with Crippen molar-refractivity contribution in [3.8, 4) is 0 Å². The van der Waals surface area contributed by atoms with Gasteiger partial charge in [0.15, 0.2) is 0 Å². The number of amides is 1. The molecule has 80 valence electrons. The van der Waals surface area contributed by atoms with Gasteiger partial charge in [-0.25, -0.2) is 9.97 Å². The van der Waals surface area contributed by atoms with Gasteiger partial charge in [0.05, 0.1) is 24.6 Å². The van der Waals surface area contributed by atoms with Gasteiger partial charge in [0.25, 0.3) is 0 Å². The van der Waals surface area contributed by atoms with Crippen LogP contribution in [0.25, 0.3) is 0 Å². The van der Waals surface area contributed by atoms with E-state index in [0.29, 0.717) is 24.5 Å². The first-order valence-electron chi connectivity index (χ1n) is 5.10. The molecule has 0 saturated carbocycles. The molecule has 2 heterocycles. The van der Waals surface area contributed by atoms with Crippen molar-refractivity contribution in [1.82, 2.24) is 14.9 Å². The van der Waals surface area contributed by atoms with Crippen LogP contribution in [0.15, 0.2) is 12.4 Å². The summed E-state index contributed by atoms with van der Waals surface area (Å²) in [4.78, 5) is 21.5. The summed E-state index contributed by atoms with van der Waals surface area (Å²) < 4.78 is 0. The van der Waals surface area contributed by atoms with E-state index in [-0.39, 0.29) is 5.91 Å². The molecular weight excluding hydrogens is 192 g/mol. The van der Waals surface area contributed by atoms with Gasteiger partial charge in [-0.3, -0.25) is 4.79 Å². The molecule has 15 heavy (non-hydrogen) atoms. The molecule has 1 aliphatic heterocycles. The fourth-order valence-electron chi connectivity index (χ4n) is 1.65. The van der Waals surface area contributed by atoms with Crippen molar-refractivity contribution >= 4 is 11.6 Å². The molecule has 0 spiro atoms. The summed E-state index contributed by atoms with van der Waals surface area (Å²) >= 11 is 0. The number of rotatable bonds is 2. The zero-order chi connectivity index (χ0) is 10.7. The Morgan fingerprint density at radius 3 is 2.73 bits per heavy atom. The lowest BCUT2D eigenvalue weighted by atomic mass is 10.1. The average molecular weight is 206 g/mol. The number of hydrogen-bond donors (Lipinski definition) is 1. The quantitative estimate of drug-likeness (QED) is 0.767. The normalized spacial score (nSPS) is 16.8. The molecule has 1 aromatic rings. The van der Waals surface area contributed by atoms with E-state index in [2.05, 4.69) is 9.97 Å². The van der Waals surface area contributed by atoms with Crippen molar-refractivity contribution in [2.24, 2.45) is 0 Å². The minimum absolute atomic E-state index is 0.196. The molecule has 0 aromatic carbocycles. The first kappa shape index (κ1) is 9.89. The number of nitrogens with two attached hydrogens (primary N) is 1. The number of hydrogen-bond acceptors (Lipinski definition) is 4. The second-order valence-corrected chi connectivity index (χ2v) is 3.71. The van der Waals surface area contributed by atoms with E-state index in [0.717, 1.165) is 19.4 Å². The lowest BCUT2D eigenvalue weighted by Gasteiger charge is -2.25. The second-order valence-electron chi connectivity index (χ2n) is 3.71. The van der Waals surface area contributed by atoms with Crippen LogP contribution in [0.1, 0.15) is 25.1 Å². The van der Waals surface area contributed by atoms with E-state index >= 15 is 0 Å². The first-order chi connectivity index (χ1) is 7.25. The second kappa shape index (κ2) is 4.25. The fourth-order valence-corrected chi connectivity index (χ4v) is 1.65. The lowest BCUT2D eigenvalue weighted by molar-refractivity contribution is -0.134. The van der Waals surface area contributed by atoms with Crippen molar-refractivity contribution in [1.29, 1.82) is 0 Å². The molecule has 2 N–H and O–H groups in total. The SMILES string of the molecule is Nc1cnc(CN2CCCCC2=O)nc1. The maximum atomic E-state index is 11.5. The van der Waals surface area contributed by atoms with E-state index in [1.807, 2.05) is 0 Å². The van der Waals surface area contributed by atoms with E-state index in [1.165, 1.54) is 0 Å². The number of anilines is 1. The Balaban J connectivity index is 2.01. The molecule has 1 amide bonds. The van der Waals surface area contributed by atoms with Crippen LogP contribution in [0.2, 0.25) is 0 Å². The highest BCUT2D eigenvalue weighted by Crippen LogP contribution is 2.12. The highest BCUT2D eigenvalue weighted by Gasteiger charge is 2.18. The van der Waals surface area contributed by atoms with Gasteiger partial charge in [-0.15, -0.1) is 0 Å². The molecule has 0 radical (unpaired) electrons. The highest BCUT2D eigenvalue weighted by molar-refractivity contribution is 5.76. The number of likely N-dealkylation sites (tertiary alicyclic amines) is 1. The van der Waals surface area contributed by atoms with Gasteiger partial charge in [0.2, 0.25) is 5.91 Å². The first-order valence-corrected chi connectivity index (χ1v) is 5.10. The standard InChI is InChI=1S/C10H14N4O/c11-8-5-12-9(13-6-8)7-14-4-2-1-3-10(14)15/h5-6H,1-4,7,11H2. The molecule has 0 unspecified atom stereocenters. The van der Waals surface area contributed by atoms with Crippen molar-refractivity contribution in [3.05, 3.63) is 18.2 Å². The monoisotopic (exact) mass is 206 g/mol. The van der Waals surface area contributed by atoms with Crippen molar-refractivity contribution in [2.75, 3.05) is 12.3 Å². The predicted molar refractivity (Wildman–Crippen MR) is 55.7 cm³/mol. The summed E-state index contributed by atoms with van der Waals surface area (Å²) in [6.45, 7) is 1.31. The molecule has 1 fully saturated rings. The third kappa shape index (κ3) is 2.43. The van der Waals surface area contributed by atoms with Crippen molar-refractivity contribution in [2.45, 2.75) is 25.8 Å². The highest BCUT2D eigenvalue weighted by atomic mass is 16.2. The number of carbonyl (C=O) groups is 1. The van der Waals surface area contributed by atoms with Gasteiger partial charge in [0.1, 0.15) is 5.82 Å². The summed E-state index contributed by atoms with van der Waals surface area (Å²) in [5, 5.41) is 0. The summed E-state index contributed by atoms with van der Waals surface area (Å²) in [6, 6.07) is 0. The molecule has 1 aliphatic rings. The summed E-state index contributed by atoms with van der Waals surface area (Å²) in [7, 11) is 0. The van der Waals surface area contributed by atoms with Crippen LogP contribution >= 0.6 is 0 Å². The maximum absolute atomic E-state index is 11.5. The van der Waals surface area contributed by atoms with Crippen molar-refractivity contribution in [3.63, 3.8) is 0 Å². The Kier molecular flexibility index (Phi) is 2.80. The average Bonchev–Trinajstić information content (AvgIpc) is 2.25. The Morgan fingerprint density at radius 1 is 1.33 bits per heavy atom. The largest absolute Gasteiger partial charge is 0.396 e. The zero-order valence-corrected chi connectivity index (χ0v) is 8.52. The molecule has 2 rings (SSSR count). The number of carbonyl (C=O) groups excluding carboxylic acids is 1. The number of piperidine rings is 1. The van der Waals surface area contributed by atoms with E-state index in [1.54, 1.807) is 17.3 Å². The van der Waals surface area contributed by atoms with Gasteiger partial charge in [-0.2, -0.15) is 0 Å². The van der Waals surface area contributed by atoms with Crippen LogP contribution in [0.3, 0.4) is 0 Å². The van der Waals surface area contributed by atoms with Crippen LogP contribution in [0.5, 0.6) is 0 Å². The van der Waals surface area contributed by atoms with E-state index in [9.17, 15) is 4.79 Å². The molecule has 1 saturated heterocycles. The molecule has 5 nitrogen and oxygen atoms in total. The summed E-state index contributed by atoms with van der Waals surface area (Å²) in [5.41, 5.74) is 6.03. The number of nitrogens with zero attached hydrogens (tertiary/aromatic N) is 3. The number of aromatic nitrogens is 2. The van der Waals surface area contributed by atoms with E-state index in [4.69, 9.17) is 5.73 Å². The van der Waals surface area contributed by atoms with Crippen molar-refractivity contribution < 1.29 is 4.79 Å². The Hall–Kier alpha value is -1.65. The Bertz CT molecular complexity index is 349. The minimum atomic E-state index is 0.196. The van der Waals surface area contributed by atoms with Crippen LogP contribution in [0, 0.1) is 0 Å². The van der Waals surface area contributed by atoms with Crippen LogP contribution in [-0.2, 0) is 11.3 Å². The molecular formula is C10H14N4O. The fraction of sp³-hybridized carbons (Fsp3) is 0.500. The smallest absolute Gasteiger partial charge is 0.222 e.